The predicted octanol–water partition coefficient (Wildman–Crippen LogP) is 5.36. The Labute approximate surface area is 132 Å². The van der Waals surface area contributed by atoms with E-state index in [2.05, 4.69) is 5.32 Å². The lowest BCUT2D eigenvalue weighted by atomic mass is 9.97. The lowest BCUT2D eigenvalue weighted by molar-refractivity contribution is 0.535. The van der Waals surface area contributed by atoms with E-state index >= 15 is 0 Å². The van der Waals surface area contributed by atoms with Gasteiger partial charge in [0.15, 0.2) is 0 Å². The summed E-state index contributed by atoms with van der Waals surface area (Å²) in [7, 11) is 0. The lowest BCUT2D eigenvalue weighted by Gasteiger charge is -2.21. The third-order valence-electron chi connectivity index (χ3n) is 3.14. The Kier molecular flexibility index (Phi) is 5.57. The summed E-state index contributed by atoms with van der Waals surface area (Å²) in [4.78, 5) is 0. The zero-order chi connectivity index (χ0) is 15.4. The van der Waals surface area contributed by atoms with Crippen LogP contribution >= 0.6 is 23.2 Å². The molecular formula is C16H15Cl2F2N. The Morgan fingerprint density at radius 2 is 1.81 bits per heavy atom. The van der Waals surface area contributed by atoms with Crippen molar-refractivity contribution in [3.05, 3.63) is 69.2 Å². The van der Waals surface area contributed by atoms with Crippen molar-refractivity contribution in [3.63, 3.8) is 0 Å². The van der Waals surface area contributed by atoms with Crippen LogP contribution in [0.5, 0.6) is 0 Å². The largest absolute Gasteiger partial charge is 0.306 e. The van der Waals surface area contributed by atoms with Crippen molar-refractivity contribution in [2.75, 3.05) is 6.54 Å². The normalized spacial score (nSPS) is 12.4. The molecule has 0 fully saturated rings. The van der Waals surface area contributed by atoms with Crippen LogP contribution < -0.4 is 5.32 Å². The first-order valence-corrected chi connectivity index (χ1v) is 7.41. The smallest absolute Gasteiger partial charge is 0.128 e. The molecule has 0 amide bonds. The first kappa shape index (κ1) is 16.2. The van der Waals surface area contributed by atoms with E-state index in [0.29, 0.717) is 22.2 Å². The number of rotatable bonds is 5. The standard InChI is InChI=1S/C16H15Cl2F2N/c1-2-7-21-16(12-8-10(17)3-5-14(12)18)13-9-11(19)4-6-15(13)20/h3-6,8-9,16,21H,2,7H2,1H3. The second-order valence-electron chi connectivity index (χ2n) is 4.72. The van der Waals surface area contributed by atoms with Gasteiger partial charge in [-0.3, -0.25) is 0 Å². The maximum atomic E-state index is 14.1. The highest BCUT2D eigenvalue weighted by molar-refractivity contribution is 6.33. The summed E-state index contributed by atoms with van der Waals surface area (Å²) >= 11 is 12.2. The van der Waals surface area contributed by atoms with Crippen LogP contribution in [0.2, 0.25) is 10.0 Å². The minimum absolute atomic E-state index is 0.215. The van der Waals surface area contributed by atoms with Crippen molar-refractivity contribution < 1.29 is 8.78 Å². The van der Waals surface area contributed by atoms with Gasteiger partial charge in [0.05, 0.1) is 6.04 Å². The van der Waals surface area contributed by atoms with E-state index < -0.39 is 17.7 Å². The topological polar surface area (TPSA) is 12.0 Å². The number of nitrogens with one attached hydrogen (secondary N) is 1. The van der Waals surface area contributed by atoms with Crippen molar-refractivity contribution in [2.24, 2.45) is 0 Å². The van der Waals surface area contributed by atoms with Crippen molar-refractivity contribution in [3.8, 4) is 0 Å². The van der Waals surface area contributed by atoms with Crippen molar-refractivity contribution in [1.29, 1.82) is 0 Å². The van der Waals surface area contributed by atoms with Crippen molar-refractivity contribution in [2.45, 2.75) is 19.4 Å². The average Bonchev–Trinajstić information content (AvgIpc) is 2.46. The molecule has 2 aromatic rings. The molecule has 2 aromatic carbocycles. The molecule has 5 heteroatoms. The highest BCUT2D eigenvalue weighted by Crippen LogP contribution is 2.32. The van der Waals surface area contributed by atoms with Crippen LogP contribution in [0.3, 0.4) is 0 Å². The molecule has 0 aliphatic rings. The van der Waals surface area contributed by atoms with E-state index in [1.165, 1.54) is 6.07 Å². The van der Waals surface area contributed by atoms with Gasteiger partial charge in [0.1, 0.15) is 11.6 Å². The summed E-state index contributed by atoms with van der Waals surface area (Å²) in [5.41, 5.74) is 0.842. The Morgan fingerprint density at radius 3 is 2.52 bits per heavy atom. The Balaban J connectivity index is 2.52. The quantitative estimate of drug-likeness (QED) is 0.778. The first-order chi connectivity index (χ1) is 10.0. The second-order valence-corrected chi connectivity index (χ2v) is 5.56. The maximum absolute atomic E-state index is 14.1. The SMILES string of the molecule is CCCNC(c1cc(F)ccc1F)c1cc(Cl)ccc1Cl. The molecule has 0 aliphatic heterocycles. The zero-order valence-corrected chi connectivity index (χ0v) is 13.0. The third-order valence-corrected chi connectivity index (χ3v) is 3.72. The summed E-state index contributed by atoms with van der Waals surface area (Å²) in [5, 5.41) is 4.14. The molecule has 112 valence electrons. The van der Waals surface area contributed by atoms with Gasteiger partial charge in [-0.05, 0) is 54.9 Å². The van der Waals surface area contributed by atoms with Crippen LogP contribution in [-0.4, -0.2) is 6.54 Å². The summed E-state index contributed by atoms with van der Waals surface area (Å²) in [5.74, 6) is -0.978. The maximum Gasteiger partial charge on any atom is 0.128 e. The molecule has 0 saturated heterocycles. The van der Waals surface area contributed by atoms with Gasteiger partial charge in [0, 0.05) is 15.6 Å². The van der Waals surface area contributed by atoms with E-state index in [1.54, 1.807) is 18.2 Å². The highest BCUT2D eigenvalue weighted by Gasteiger charge is 2.20. The molecule has 0 aromatic heterocycles. The molecule has 0 aliphatic carbocycles. The zero-order valence-electron chi connectivity index (χ0n) is 11.5. The van der Waals surface area contributed by atoms with E-state index in [4.69, 9.17) is 23.2 Å². The van der Waals surface area contributed by atoms with Gasteiger partial charge in [-0.1, -0.05) is 30.1 Å². The van der Waals surface area contributed by atoms with E-state index in [0.717, 1.165) is 18.6 Å². The van der Waals surface area contributed by atoms with Crippen LogP contribution in [-0.2, 0) is 0 Å². The van der Waals surface area contributed by atoms with Crippen molar-refractivity contribution in [1.82, 2.24) is 5.32 Å². The number of hydrogen-bond donors (Lipinski definition) is 1. The molecule has 0 spiro atoms. The van der Waals surface area contributed by atoms with E-state index in [1.807, 2.05) is 6.92 Å². The Bertz CT molecular complexity index is 580. The Morgan fingerprint density at radius 1 is 1.05 bits per heavy atom. The molecular weight excluding hydrogens is 315 g/mol. The molecule has 21 heavy (non-hydrogen) atoms. The molecule has 0 heterocycles. The first-order valence-electron chi connectivity index (χ1n) is 6.66. The lowest BCUT2D eigenvalue weighted by Crippen LogP contribution is -2.24. The van der Waals surface area contributed by atoms with Crippen LogP contribution in [0.4, 0.5) is 8.78 Å². The average molecular weight is 330 g/mol. The summed E-state index contributed by atoms with van der Waals surface area (Å²) in [6, 6.07) is 7.82. The minimum atomic E-state index is -0.549. The van der Waals surface area contributed by atoms with Gasteiger partial charge < -0.3 is 5.32 Å². The fraction of sp³-hybridized carbons (Fsp3) is 0.250. The van der Waals surface area contributed by atoms with Crippen LogP contribution in [0, 0.1) is 11.6 Å². The molecule has 1 unspecified atom stereocenters. The van der Waals surface area contributed by atoms with E-state index in [-0.39, 0.29) is 5.56 Å². The van der Waals surface area contributed by atoms with Gasteiger partial charge >= 0.3 is 0 Å². The fourth-order valence-electron chi connectivity index (χ4n) is 2.15. The molecule has 1 N–H and O–H groups in total. The van der Waals surface area contributed by atoms with Gasteiger partial charge in [-0.25, -0.2) is 8.78 Å². The second kappa shape index (κ2) is 7.21. The fourth-order valence-corrected chi connectivity index (χ4v) is 2.55. The summed E-state index contributed by atoms with van der Waals surface area (Å²) in [6.07, 6.45) is 0.853. The Hall–Kier alpha value is -1.16. The monoisotopic (exact) mass is 329 g/mol. The number of benzene rings is 2. The predicted molar refractivity (Wildman–Crippen MR) is 83.0 cm³/mol. The van der Waals surface area contributed by atoms with Crippen LogP contribution in [0.25, 0.3) is 0 Å². The van der Waals surface area contributed by atoms with Gasteiger partial charge in [0.25, 0.3) is 0 Å². The van der Waals surface area contributed by atoms with Crippen LogP contribution in [0.1, 0.15) is 30.5 Å². The molecule has 1 atom stereocenters. The molecule has 0 saturated carbocycles. The summed E-state index contributed by atoms with van der Waals surface area (Å²) in [6.45, 7) is 2.63. The summed E-state index contributed by atoms with van der Waals surface area (Å²) < 4.78 is 27.6. The van der Waals surface area contributed by atoms with Gasteiger partial charge in [-0.2, -0.15) is 0 Å². The number of halogens is 4. The third kappa shape index (κ3) is 3.94. The number of hydrogen-bond acceptors (Lipinski definition) is 1. The van der Waals surface area contributed by atoms with E-state index in [9.17, 15) is 8.78 Å². The van der Waals surface area contributed by atoms with Gasteiger partial charge in [-0.15, -0.1) is 0 Å². The minimum Gasteiger partial charge on any atom is -0.306 e. The molecule has 2 rings (SSSR count). The molecule has 0 radical (unpaired) electrons. The van der Waals surface area contributed by atoms with Crippen LogP contribution in [0.15, 0.2) is 36.4 Å². The molecule has 0 bridgehead atoms. The van der Waals surface area contributed by atoms with Crippen molar-refractivity contribution >= 4 is 23.2 Å². The molecule has 1 nitrogen and oxygen atoms in total. The highest BCUT2D eigenvalue weighted by atomic mass is 35.5. The van der Waals surface area contributed by atoms with Gasteiger partial charge in [0.2, 0.25) is 0 Å².